The van der Waals surface area contributed by atoms with Gasteiger partial charge in [-0.3, -0.25) is 0 Å². The Hall–Kier alpha value is -1.06. The van der Waals surface area contributed by atoms with Crippen LogP contribution in [0.1, 0.15) is 25.3 Å². The average molecular weight is 235 g/mol. The average Bonchev–Trinajstić information content (AvgIpc) is 2.38. The number of rotatable bonds is 5. The van der Waals surface area contributed by atoms with E-state index in [0.29, 0.717) is 6.54 Å². The molecule has 1 aromatic rings. The molecule has 2 unspecified atom stereocenters. The molecule has 0 bridgehead atoms. The predicted molar refractivity (Wildman–Crippen MR) is 68.3 cm³/mol. The van der Waals surface area contributed by atoms with Crippen LogP contribution in [-0.2, 0) is 6.42 Å². The van der Waals surface area contributed by atoms with Crippen molar-refractivity contribution in [2.24, 2.45) is 0 Å². The number of fused-ring (bicyclic) bond motifs is 1. The quantitative estimate of drug-likeness (QED) is 0.817. The fourth-order valence-corrected chi connectivity index (χ4v) is 2.08. The van der Waals surface area contributed by atoms with Gasteiger partial charge >= 0.3 is 0 Å². The zero-order valence-corrected chi connectivity index (χ0v) is 10.4. The Morgan fingerprint density at radius 2 is 2.29 bits per heavy atom. The molecule has 2 rings (SSSR count). The number of ether oxygens (including phenoxy) is 1. The van der Waals surface area contributed by atoms with Gasteiger partial charge in [-0.1, -0.05) is 25.1 Å². The summed E-state index contributed by atoms with van der Waals surface area (Å²) in [5.41, 5.74) is 1.30. The van der Waals surface area contributed by atoms with Crippen molar-refractivity contribution in [3.8, 4) is 5.75 Å². The first-order valence-corrected chi connectivity index (χ1v) is 6.43. The summed E-state index contributed by atoms with van der Waals surface area (Å²) in [6.45, 7) is 3.45. The summed E-state index contributed by atoms with van der Waals surface area (Å²) in [5.74, 6) is 1.02. The third kappa shape index (κ3) is 3.45. The van der Waals surface area contributed by atoms with Crippen LogP contribution in [0.25, 0.3) is 0 Å². The van der Waals surface area contributed by atoms with Crippen molar-refractivity contribution in [2.45, 2.75) is 38.4 Å². The molecular weight excluding hydrogens is 214 g/mol. The molecule has 0 amide bonds. The lowest BCUT2D eigenvalue weighted by Gasteiger charge is -2.26. The van der Waals surface area contributed by atoms with Crippen LogP contribution in [-0.4, -0.2) is 30.4 Å². The number of nitrogens with one attached hydrogen (secondary N) is 1. The van der Waals surface area contributed by atoms with Crippen molar-refractivity contribution < 1.29 is 9.84 Å². The summed E-state index contributed by atoms with van der Waals surface area (Å²) < 4.78 is 5.90. The van der Waals surface area contributed by atoms with Crippen molar-refractivity contribution in [1.29, 1.82) is 0 Å². The minimum Gasteiger partial charge on any atom is -0.489 e. The summed E-state index contributed by atoms with van der Waals surface area (Å²) in [4.78, 5) is 0. The number of aliphatic hydroxyl groups is 1. The lowest BCUT2D eigenvalue weighted by atomic mass is 10.0. The molecule has 1 aliphatic heterocycles. The number of hydrogen-bond donors (Lipinski definition) is 2. The zero-order chi connectivity index (χ0) is 12.1. The van der Waals surface area contributed by atoms with Crippen LogP contribution in [0.2, 0.25) is 0 Å². The second-order valence-electron chi connectivity index (χ2n) is 4.61. The van der Waals surface area contributed by atoms with Gasteiger partial charge in [0.2, 0.25) is 0 Å². The van der Waals surface area contributed by atoms with Gasteiger partial charge < -0.3 is 15.2 Å². The molecule has 0 saturated heterocycles. The molecule has 2 atom stereocenters. The first-order valence-electron chi connectivity index (χ1n) is 6.43. The van der Waals surface area contributed by atoms with Gasteiger partial charge in [0.25, 0.3) is 0 Å². The second-order valence-corrected chi connectivity index (χ2v) is 4.61. The minimum atomic E-state index is -0.245. The van der Waals surface area contributed by atoms with Gasteiger partial charge in [-0.25, -0.2) is 0 Å². The smallest absolute Gasteiger partial charge is 0.122 e. The molecule has 0 radical (unpaired) electrons. The van der Waals surface area contributed by atoms with Crippen molar-refractivity contribution in [3.63, 3.8) is 0 Å². The molecule has 17 heavy (non-hydrogen) atoms. The molecule has 1 aliphatic rings. The van der Waals surface area contributed by atoms with E-state index in [2.05, 4.69) is 17.4 Å². The Bertz CT molecular complexity index is 354. The van der Waals surface area contributed by atoms with E-state index >= 15 is 0 Å². The lowest BCUT2D eigenvalue weighted by Crippen LogP contribution is -2.37. The topological polar surface area (TPSA) is 41.5 Å². The van der Waals surface area contributed by atoms with Gasteiger partial charge in [0, 0.05) is 13.1 Å². The summed E-state index contributed by atoms with van der Waals surface area (Å²) in [6, 6.07) is 8.22. The van der Waals surface area contributed by atoms with E-state index < -0.39 is 0 Å². The number of aliphatic hydroxyl groups excluding tert-OH is 1. The summed E-state index contributed by atoms with van der Waals surface area (Å²) >= 11 is 0. The van der Waals surface area contributed by atoms with E-state index in [4.69, 9.17) is 4.74 Å². The standard InChI is InChI=1S/C14H21NO2/c1-2-12(16)9-15-10-13-8-7-11-5-3-4-6-14(11)17-13/h3-6,12-13,15-16H,2,7-10H2,1H3. The van der Waals surface area contributed by atoms with Gasteiger partial charge in [-0.15, -0.1) is 0 Å². The van der Waals surface area contributed by atoms with E-state index in [-0.39, 0.29) is 12.2 Å². The third-order valence-corrected chi connectivity index (χ3v) is 3.23. The van der Waals surface area contributed by atoms with Crippen LogP contribution in [0.15, 0.2) is 24.3 Å². The van der Waals surface area contributed by atoms with Gasteiger partial charge in [0.15, 0.2) is 0 Å². The highest BCUT2D eigenvalue weighted by Crippen LogP contribution is 2.26. The third-order valence-electron chi connectivity index (χ3n) is 3.23. The van der Waals surface area contributed by atoms with E-state index in [1.54, 1.807) is 0 Å². The van der Waals surface area contributed by atoms with E-state index in [1.807, 2.05) is 19.1 Å². The molecule has 94 valence electrons. The summed E-state index contributed by atoms with van der Waals surface area (Å²) in [6.07, 6.45) is 2.91. The molecule has 0 aliphatic carbocycles. The molecule has 3 heteroatoms. The van der Waals surface area contributed by atoms with Crippen LogP contribution < -0.4 is 10.1 Å². The van der Waals surface area contributed by atoms with Crippen molar-refractivity contribution in [3.05, 3.63) is 29.8 Å². The number of para-hydroxylation sites is 1. The van der Waals surface area contributed by atoms with Gasteiger partial charge in [0.1, 0.15) is 11.9 Å². The fourth-order valence-electron chi connectivity index (χ4n) is 2.08. The van der Waals surface area contributed by atoms with Crippen LogP contribution in [0.5, 0.6) is 5.75 Å². The molecule has 2 N–H and O–H groups in total. The number of benzene rings is 1. The van der Waals surface area contributed by atoms with E-state index in [1.165, 1.54) is 5.56 Å². The highest BCUT2D eigenvalue weighted by Gasteiger charge is 2.18. The minimum absolute atomic E-state index is 0.231. The molecule has 1 aromatic carbocycles. The summed E-state index contributed by atoms with van der Waals surface area (Å²) in [7, 11) is 0. The summed E-state index contributed by atoms with van der Waals surface area (Å²) in [5, 5.41) is 12.7. The Morgan fingerprint density at radius 3 is 3.12 bits per heavy atom. The van der Waals surface area contributed by atoms with Crippen molar-refractivity contribution >= 4 is 0 Å². The lowest BCUT2D eigenvalue weighted by molar-refractivity contribution is 0.143. The molecule has 0 aromatic heterocycles. The molecule has 0 fully saturated rings. The molecule has 0 saturated carbocycles. The van der Waals surface area contributed by atoms with Crippen LogP contribution in [0.3, 0.4) is 0 Å². The Balaban J connectivity index is 1.78. The molecular formula is C14H21NO2. The van der Waals surface area contributed by atoms with Crippen molar-refractivity contribution in [2.75, 3.05) is 13.1 Å². The van der Waals surface area contributed by atoms with Crippen LogP contribution in [0, 0.1) is 0 Å². The van der Waals surface area contributed by atoms with Gasteiger partial charge in [-0.05, 0) is 30.9 Å². The maximum Gasteiger partial charge on any atom is 0.122 e. The Labute approximate surface area is 103 Å². The Morgan fingerprint density at radius 1 is 1.47 bits per heavy atom. The van der Waals surface area contributed by atoms with E-state index in [9.17, 15) is 5.11 Å². The second kappa shape index (κ2) is 6.03. The fraction of sp³-hybridized carbons (Fsp3) is 0.571. The predicted octanol–water partition coefficient (Wildman–Crippen LogP) is 1.74. The van der Waals surface area contributed by atoms with Gasteiger partial charge in [-0.2, -0.15) is 0 Å². The monoisotopic (exact) mass is 235 g/mol. The maximum absolute atomic E-state index is 9.44. The highest BCUT2D eigenvalue weighted by atomic mass is 16.5. The normalized spacial score (nSPS) is 20.5. The number of aryl methyl sites for hydroxylation is 1. The van der Waals surface area contributed by atoms with Crippen LogP contribution >= 0.6 is 0 Å². The molecule has 0 spiro atoms. The van der Waals surface area contributed by atoms with Crippen LogP contribution in [0.4, 0.5) is 0 Å². The van der Waals surface area contributed by atoms with Crippen molar-refractivity contribution in [1.82, 2.24) is 5.32 Å². The first kappa shape index (κ1) is 12.4. The van der Waals surface area contributed by atoms with Gasteiger partial charge in [0.05, 0.1) is 6.10 Å². The SMILES string of the molecule is CCC(O)CNCC1CCc2ccccc2O1. The molecule has 3 nitrogen and oxygen atoms in total. The maximum atomic E-state index is 9.44. The first-order chi connectivity index (χ1) is 8.29. The number of hydrogen-bond acceptors (Lipinski definition) is 3. The zero-order valence-electron chi connectivity index (χ0n) is 10.4. The van der Waals surface area contributed by atoms with E-state index in [0.717, 1.165) is 31.6 Å². The highest BCUT2D eigenvalue weighted by molar-refractivity contribution is 5.35. The largest absolute Gasteiger partial charge is 0.489 e. The molecule has 1 heterocycles. The Kier molecular flexibility index (Phi) is 4.40.